The van der Waals surface area contributed by atoms with Gasteiger partial charge in [-0.3, -0.25) is 0 Å². The van der Waals surface area contributed by atoms with Crippen LogP contribution in [0.2, 0.25) is 0 Å². The van der Waals surface area contributed by atoms with Gasteiger partial charge in [0.25, 0.3) is 0 Å². The monoisotopic (exact) mass is 254 g/mol. The molecule has 0 saturated carbocycles. The maximum atomic E-state index is 4.69. The van der Waals surface area contributed by atoms with Crippen molar-refractivity contribution in [1.29, 1.82) is 0 Å². The molecule has 0 aliphatic rings. The number of fused-ring (bicyclic) bond motifs is 1. The number of hydrogen-bond acceptors (Lipinski definition) is 2. The summed E-state index contributed by atoms with van der Waals surface area (Å²) in [6.07, 6.45) is 0. The summed E-state index contributed by atoms with van der Waals surface area (Å²) in [4.78, 5) is 5.63. The fraction of sp³-hybridized carbons (Fsp3) is 0.133. The van der Waals surface area contributed by atoms with Crippen molar-refractivity contribution in [3.8, 4) is 11.4 Å². The van der Waals surface area contributed by atoms with Gasteiger partial charge in [0.2, 0.25) is 0 Å². The summed E-state index contributed by atoms with van der Waals surface area (Å²) in [6.45, 7) is 2.09. The molecule has 1 aromatic heterocycles. The first-order valence-electron chi connectivity index (χ1n) is 5.87. The van der Waals surface area contributed by atoms with Crippen molar-refractivity contribution in [3.05, 3.63) is 48.0 Å². The predicted octanol–water partition coefficient (Wildman–Crippen LogP) is 3.84. The van der Waals surface area contributed by atoms with Crippen molar-refractivity contribution in [2.75, 3.05) is 0 Å². The van der Waals surface area contributed by atoms with Crippen molar-refractivity contribution < 1.29 is 0 Å². The van der Waals surface area contributed by atoms with Crippen LogP contribution in [0.5, 0.6) is 0 Å². The lowest BCUT2D eigenvalue weighted by molar-refractivity contribution is 0.959. The molecule has 1 heterocycles. The average molecular weight is 254 g/mol. The third kappa shape index (κ3) is 1.81. The van der Waals surface area contributed by atoms with Gasteiger partial charge in [0.15, 0.2) is 0 Å². The van der Waals surface area contributed by atoms with Gasteiger partial charge in [-0.25, -0.2) is 4.98 Å². The maximum absolute atomic E-state index is 4.69. The lowest BCUT2D eigenvalue weighted by atomic mass is 10.1. The Bertz CT molecular complexity index is 711. The van der Waals surface area contributed by atoms with E-state index in [1.165, 1.54) is 5.56 Å². The highest BCUT2D eigenvalue weighted by atomic mass is 32.1. The lowest BCUT2D eigenvalue weighted by Gasteiger charge is -2.02. The van der Waals surface area contributed by atoms with Gasteiger partial charge in [-0.1, -0.05) is 29.8 Å². The van der Waals surface area contributed by atoms with Gasteiger partial charge in [0.1, 0.15) is 5.82 Å². The molecule has 0 aliphatic heterocycles. The average Bonchev–Trinajstić information content (AvgIpc) is 2.67. The molecule has 3 rings (SSSR count). The summed E-state index contributed by atoms with van der Waals surface area (Å²) < 4.78 is 2.12. The molecular weight excluding hydrogens is 240 g/mol. The molecule has 0 atom stereocenters. The Labute approximate surface area is 112 Å². The van der Waals surface area contributed by atoms with Crippen LogP contribution >= 0.6 is 12.6 Å². The highest BCUT2D eigenvalue weighted by Gasteiger charge is 2.09. The van der Waals surface area contributed by atoms with Gasteiger partial charge < -0.3 is 4.57 Å². The van der Waals surface area contributed by atoms with Gasteiger partial charge in [-0.15, -0.1) is 12.6 Å². The molecule has 0 bridgehead atoms. The zero-order chi connectivity index (χ0) is 12.7. The topological polar surface area (TPSA) is 17.8 Å². The summed E-state index contributed by atoms with van der Waals surface area (Å²) in [6, 6.07) is 14.5. The van der Waals surface area contributed by atoms with Crippen LogP contribution in [0.15, 0.2) is 47.4 Å². The minimum Gasteiger partial charge on any atom is -0.327 e. The van der Waals surface area contributed by atoms with E-state index in [0.717, 1.165) is 27.3 Å². The molecule has 0 saturated heterocycles. The number of benzene rings is 2. The third-order valence-corrected chi connectivity index (χ3v) is 3.45. The van der Waals surface area contributed by atoms with Crippen LogP contribution in [-0.4, -0.2) is 9.55 Å². The first-order valence-corrected chi connectivity index (χ1v) is 6.32. The Morgan fingerprint density at radius 3 is 2.50 bits per heavy atom. The lowest BCUT2D eigenvalue weighted by Crippen LogP contribution is -1.92. The number of imidazole rings is 1. The van der Waals surface area contributed by atoms with E-state index >= 15 is 0 Å². The van der Waals surface area contributed by atoms with E-state index in [-0.39, 0.29) is 0 Å². The number of hydrogen-bond donors (Lipinski definition) is 1. The molecule has 3 aromatic rings. The molecule has 0 aliphatic carbocycles. The number of rotatable bonds is 1. The van der Waals surface area contributed by atoms with Gasteiger partial charge >= 0.3 is 0 Å². The normalized spacial score (nSPS) is 11.1. The van der Waals surface area contributed by atoms with Gasteiger partial charge in [0.05, 0.1) is 11.0 Å². The van der Waals surface area contributed by atoms with Crippen LogP contribution in [0.1, 0.15) is 5.56 Å². The van der Waals surface area contributed by atoms with Crippen LogP contribution in [0.25, 0.3) is 22.4 Å². The fourth-order valence-corrected chi connectivity index (χ4v) is 2.35. The molecule has 0 fully saturated rings. The van der Waals surface area contributed by atoms with Crippen LogP contribution < -0.4 is 0 Å². The zero-order valence-corrected chi connectivity index (χ0v) is 11.3. The molecule has 0 amide bonds. The van der Waals surface area contributed by atoms with Crippen LogP contribution in [0.4, 0.5) is 0 Å². The van der Waals surface area contributed by atoms with Crippen molar-refractivity contribution in [2.45, 2.75) is 11.8 Å². The molecule has 0 radical (unpaired) electrons. The molecule has 90 valence electrons. The second-order valence-electron chi connectivity index (χ2n) is 4.53. The summed E-state index contributed by atoms with van der Waals surface area (Å²) in [5.41, 5.74) is 4.51. The minimum absolute atomic E-state index is 0.941. The Morgan fingerprint density at radius 2 is 1.78 bits per heavy atom. The van der Waals surface area contributed by atoms with E-state index in [2.05, 4.69) is 59.4 Å². The molecule has 2 aromatic carbocycles. The van der Waals surface area contributed by atoms with Crippen molar-refractivity contribution >= 4 is 23.7 Å². The zero-order valence-electron chi connectivity index (χ0n) is 10.4. The van der Waals surface area contributed by atoms with Gasteiger partial charge in [-0.05, 0) is 25.1 Å². The highest BCUT2D eigenvalue weighted by molar-refractivity contribution is 7.80. The minimum atomic E-state index is 0.941. The summed E-state index contributed by atoms with van der Waals surface area (Å²) in [5.74, 6) is 0.990. The second kappa shape index (κ2) is 4.18. The van der Waals surface area contributed by atoms with E-state index in [9.17, 15) is 0 Å². The highest BCUT2D eigenvalue weighted by Crippen LogP contribution is 2.25. The first kappa shape index (κ1) is 11.4. The third-order valence-electron chi connectivity index (χ3n) is 3.17. The van der Waals surface area contributed by atoms with Crippen LogP contribution in [-0.2, 0) is 7.05 Å². The molecule has 3 heteroatoms. The summed E-state index contributed by atoms with van der Waals surface area (Å²) in [7, 11) is 2.04. The molecule has 0 unspecified atom stereocenters. The predicted molar refractivity (Wildman–Crippen MR) is 78.1 cm³/mol. The van der Waals surface area contributed by atoms with Gasteiger partial charge in [-0.2, -0.15) is 0 Å². The summed E-state index contributed by atoms with van der Waals surface area (Å²) in [5, 5.41) is 0. The number of aryl methyl sites for hydroxylation is 2. The second-order valence-corrected chi connectivity index (χ2v) is 5.05. The standard InChI is InChI=1S/C15H14N2S/c1-10-3-5-11(6-4-10)15-16-13-9-12(18)7-8-14(13)17(15)2/h3-9,18H,1-2H3. The van der Waals surface area contributed by atoms with Crippen LogP contribution in [0, 0.1) is 6.92 Å². The number of aromatic nitrogens is 2. The first-order chi connectivity index (χ1) is 8.65. The fourth-order valence-electron chi connectivity index (χ4n) is 2.15. The molecule has 0 N–H and O–H groups in total. The Balaban J connectivity index is 2.23. The van der Waals surface area contributed by atoms with Crippen LogP contribution in [0.3, 0.4) is 0 Å². The number of nitrogens with zero attached hydrogens (tertiary/aromatic N) is 2. The van der Waals surface area contributed by atoms with E-state index in [4.69, 9.17) is 0 Å². The van der Waals surface area contributed by atoms with Crippen molar-refractivity contribution in [2.24, 2.45) is 7.05 Å². The van der Waals surface area contributed by atoms with E-state index in [0.29, 0.717) is 0 Å². The number of thiol groups is 1. The molecule has 18 heavy (non-hydrogen) atoms. The van der Waals surface area contributed by atoms with Gasteiger partial charge in [0, 0.05) is 17.5 Å². The maximum Gasteiger partial charge on any atom is 0.140 e. The molecule has 0 spiro atoms. The van der Waals surface area contributed by atoms with E-state index in [1.807, 2.05) is 19.2 Å². The summed E-state index contributed by atoms with van der Waals surface area (Å²) >= 11 is 4.36. The largest absolute Gasteiger partial charge is 0.327 e. The van der Waals surface area contributed by atoms with Crippen molar-refractivity contribution in [1.82, 2.24) is 9.55 Å². The van der Waals surface area contributed by atoms with E-state index in [1.54, 1.807) is 0 Å². The Morgan fingerprint density at radius 1 is 1.06 bits per heavy atom. The Kier molecular flexibility index (Phi) is 2.63. The Hall–Kier alpha value is -1.74. The quantitative estimate of drug-likeness (QED) is 0.653. The van der Waals surface area contributed by atoms with E-state index < -0.39 is 0 Å². The molecular formula is C15H14N2S. The van der Waals surface area contributed by atoms with Crippen molar-refractivity contribution in [3.63, 3.8) is 0 Å². The molecule has 2 nitrogen and oxygen atoms in total. The smallest absolute Gasteiger partial charge is 0.140 e. The SMILES string of the molecule is Cc1ccc(-c2nc3cc(S)ccc3n2C)cc1.